The number of nitrogens with two attached hydrogens (primary N) is 1. The molecule has 0 radical (unpaired) electrons. The number of halogens is 1. The first-order chi connectivity index (χ1) is 13.0. The number of nitrogens with zero attached hydrogens (tertiary/aromatic N) is 2. The fourth-order valence-electron chi connectivity index (χ4n) is 3.24. The van der Waals surface area contributed by atoms with E-state index in [0.29, 0.717) is 17.3 Å². The Kier molecular flexibility index (Phi) is 8.39. The first-order valence-electron chi connectivity index (χ1n) is 9.29. The average molecular weight is 395 g/mol. The number of oxime groups is 1. The molecular formula is C19H27ClN4O3. The van der Waals surface area contributed by atoms with E-state index in [1.165, 1.54) is 6.42 Å². The summed E-state index contributed by atoms with van der Waals surface area (Å²) < 4.78 is 0. The van der Waals surface area contributed by atoms with Crippen LogP contribution >= 0.6 is 11.6 Å². The number of para-hydroxylation sites is 1. The highest BCUT2D eigenvalue weighted by Crippen LogP contribution is 2.22. The second-order valence-electron chi connectivity index (χ2n) is 6.53. The molecule has 0 bridgehead atoms. The van der Waals surface area contributed by atoms with Crippen molar-refractivity contribution in [2.24, 2.45) is 10.9 Å². The largest absolute Gasteiger partial charge is 0.384 e. The molecule has 0 unspecified atom stereocenters. The minimum absolute atomic E-state index is 0.00642. The van der Waals surface area contributed by atoms with Gasteiger partial charge in [0.25, 0.3) is 5.91 Å². The molecule has 8 heteroatoms. The third kappa shape index (κ3) is 6.75. The predicted octanol–water partition coefficient (Wildman–Crippen LogP) is 3.14. The summed E-state index contributed by atoms with van der Waals surface area (Å²) in [6.07, 6.45) is 5.46. The maximum atomic E-state index is 12.4. The maximum Gasteiger partial charge on any atom is 0.263 e. The molecule has 1 aliphatic carbocycles. The zero-order valence-electron chi connectivity index (χ0n) is 15.6. The van der Waals surface area contributed by atoms with Crippen LogP contribution in [0.4, 0.5) is 5.69 Å². The summed E-state index contributed by atoms with van der Waals surface area (Å²) in [7, 11) is 0. The van der Waals surface area contributed by atoms with E-state index in [4.69, 9.17) is 22.2 Å². The standard InChI is InChI=1S/C19H27ClN4O3/c1-2-24(14-8-4-3-5-9-14)19(26)13-27-23-17(21)12-18(25)22-16-11-7-6-10-15(16)20/h6-7,10-11,14H,2-5,8-9,12-13H2,1H3,(H2,21,23)(H,22,25). The average Bonchev–Trinajstić information content (AvgIpc) is 2.65. The minimum atomic E-state index is -0.364. The number of amides is 2. The van der Waals surface area contributed by atoms with Crippen LogP contribution in [-0.2, 0) is 14.4 Å². The number of carbonyl (C=O) groups is 2. The number of rotatable bonds is 8. The molecule has 3 N–H and O–H groups in total. The summed E-state index contributed by atoms with van der Waals surface area (Å²) in [5.41, 5.74) is 6.21. The maximum absolute atomic E-state index is 12.4. The smallest absolute Gasteiger partial charge is 0.263 e. The summed E-state index contributed by atoms with van der Waals surface area (Å²) in [4.78, 5) is 31.2. The van der Waals surface area contributed by atoms with Crippen molar-refractivity contribution in [2.75, 3.05) is 18.5 Å². The fourth-order valence-corrected chi connectivity index (χ4v) is 3.42. The molecule has 1 aromatic rings. The van der Waals surface area contributed by atoms with Gasteiger partial charge in [0.2, 0.25) is 5.91 Å². The van der Waals surface area contributed by atoms with Gasteiger partial charge in [-0.1, -0.05) is 48.2 Å². The Morgan fingerprint density at radius 1 is 1.30 bits per heavy atom. The van der Waals surface area contributed by atoms with Crippen molar-refractivity contribution in [2.45, 2.75) is 51.5 Å². The molecule has 0 spiro atoms. The second-order valence-corrected chi connectivity index (χ2v) is 6.94. The summed E-state index contributed by atoms with van der Waals surface area (Å²) in [5.74, 6) is -0.480. The monoisotopic (exact) mass is 394 g/mol. The molecule has 7 nitrogen and oxygen atoms in total. The molecule has 0 saturated heterocycles. The Morgan fingerprint density at radius 2 is 2.00 bits per heavy atom. The number of benzene rings is 1. The SMILES string of the molecule is CCN(C(=O)CO/N=C(/N)CC(=O)Nc1ccccc1Cl)C1CCCCC1. The van der Waals surface area contributed by atoms with Gasteiger partial charge in [-0.3, -0.25) is 9.59 Å². The van der Waals surface area contributed by atoms with Crippen LogP contribution in [0.5, 0.6) is 0 Å². The lowest BCUT2D eigenvalue weighted by Gasteiger charge is -2.33. The van der Waals surface area contributed by atoms with E-state index >= 15 is 0 Å². The van der Waals surface area contributed by atoms with Crippen molar-refractivity contribution < 1.29 is 14.4 Å². The summed E-state index contributed by atoms with van der Waals surface area (Å²) in [5, 5.41) is 6.77. The number of likely N-dealkylation sites (N-methyl/N-ethyl adjacent to an activating group) is 1. The summed E-state index contributed by atoms with van der Waals surface area (Å²) >= 11 is 5.99. The molecule has 1 fully saturated rings. The van der Waals surface area contributed by atoms with Gasteiger partial charge in [0.1, 0.15) is 5.84 Å². The van der Waals surface area contributed by atoms with Crippen LogP contribution in [-0.4, -0.2) is 41.7 Å². The van der Waals surface area contributed by atoms with Crippen LogP contribution in [0.2, 0.25) is 5.02 Å². The molecule has 0 aromatic heterocycles. The molecule has 0 heterocycles. The summed E-state index contributed by atoms with van der Waals surface area (Å²) in [6, 6.07) is 7.18. The molecule has 148 valence electrons. The van der Waals surface area contributed by atoms with E-state index in [-0.39, 0.29) is 36.7 Å². The number of carbonyl (C=O) groups excluding carboxylic acids is 2. The van der Waals surface area contributed by atoms with E-state index in [0.717, 1.165) is 25.7 Å². The first kappa shape index (κ1) is 21.0. The van der Waals surface area contributed by atoms with Crippen molar-refractivity contribution in [1.82, 2.24) is 4.90 Å². The van der Waals surface area contributed by atoms with Gasteiger partial charge in [0, 0.05) is 12.6 Å². The Bertz CT molecular complexity index is 675. The molecule has 2 rings (SSSR count). The third-order valence-electron chi connectivity index (χ3n) is 4.54. The minimum Gasteiger partial charge on any atom is -0.384 e. The van der Waals surface area contributed by atoms with Gasteiger partial charge >= 0.3 is 0 Å². The Hall–Kier alpha value is -2.28. The number of amidine groups is 1. The first-order valence-corrected chi connectivity index (χ1v) is 9.67. The predicted molar refractivity (Wildman–Crippen MR) is 107 cm³/mol. The number of nitrogens with one attached hydrogen (secondary N) is 1. The van der Waals surface area contributed by atoms with Crippen LogP contribution in [0.3, 0.4) is 0 Å². The Labute approximate surface area is 164 Å². The van der Waals surface area contributed by atoms with Gasteiger partial charge in [-0.05, 0) is 31.9 Å². The van der Waals surface area contributed by atoms with Gasteiger partial charge in [0.15, 0.2) is 6.61 Å². The van der Waals surface area contributed by atoms with E-state index < -0.39 is 0 Å². The summed E-state index contributed by atoms with van der Waals surface area (Å²) in [6.45, 7) is 2.42. The zero-order chi connectivity index (χ0) is 19.6. The van der Waals surface area contributed by atoms with Crippen LogP contribution in [0.25, 0.3) is 0 Å². The quantitative estimate of drug-likeness (QED) is 0.402. The lowest BCUT2D eigenvalue weighted by atomic mass is 9.94. The van der Waals surface area contributed by atoms with E-state index in [1.54, 1.807) is 24.3 Å². The molecule has 1 saturated carbocycles. The highest BCUT2D eigenvalue weighted by molar-refractivity contribution is 6.33. The Morgan fingerprint density at radius 3 is 2.67 bits per heavy atom. The molecule has 1 aromatic carbocycles. The molecule has 0 atom stereocenters. The lowest BCUT2D eigenvalue weighted by Crippen LogP contribution is -2.43. The Balaban J connectivity index is 1.78. The second kappa shape index (κ2) is 10.8. The number of anilines is 1. The third-order valence-corrected chi connectivity index (χ3v) is 4.87. The van der Waals surface area contributed by atoms with Crippen molar-refractivity contribution in [3.8, 4) is 0 Å². The van der Waals surface area contributed by atoms with Gasteiger partial charge in [0.05, 0.1) is 17.1 Å². The molecule has 27 heavy (non-hydrogen) atoms. The van der Waals surface area contributed by atoms with Crippen LogP contribution in [0.1, 0.15) is 45.4 Å². The highest BCUT2D eigenvalue weighted by Gasteiger charge is 2.24. The van der Waals surface area contributed by atoms with E-state index in [2.05, 4.69) is 10.5 Å². The zero-order valence-corrected chi connectivity index (χ0v) is 16.4. The van der Waals surface area contributed by atoms with E-state index in [1.807, 2.05) is 11.8 Å². The topological polar surface area (TPSA) is 97.0 Å². The fraction of sp³-hybridized carbons (Fsp3) is 0.526. The molecule has 1 aliphatic rings. The molecular weight excluding hydrogens is 368 g/mol. The lowest BCUT2D eigenvalue weighted by molar-refractivity contribution is -0.138. The normalized spacial score (nSPS) is 15.3. The van der Waals surface area contributed by atoms with Crippen LogP contribution in [0, 0.1) is 0 Å². The van der Waals surface area contributed by atoms with Crippen molar-refractivity contribution in [3.05, 3.63) is 29.3 Å². The van der Waals surface area contributed by atoms with E-state index in [9.17, 15) is 9.59 Å². The number of hydrogen-bond acceptors (Lipinski definition) is 4. The number of hydrogen-bond donors (Lipinski definition) is 2. The van der Waals surface area contributed by atoms with Gasteiger partial charge in [-0.2, -0.15) is 0 Å². The van der Waals surface area contributed by atoms with Crippen molar-refractivity contribution >= 4 is 34.9 Å². The van der Waals surface area contributed by atoms with Crippen molar-refractivity contribution in [1.29, 1.82) is 0 Å². The van der Waals surface area contributed by atoms with Gasteiger partial charge in [-0.15, -0.1) is 0 Å². The highest BCUT2D eigenvalue weighted by atomic mass is 35.5. The van der Waals surface area contributed by atoms with Crippen LogP contribution < -0.4 is 11.1 Å². The van der Waals surface area contributed by atoms with Crippen molar-refractivity contribution in [3.63, 3.8) is 0 Å². The molecule has 2 amide bonds. The molecule has 0 aliphatic heterocycles. The van der Waals surface area contributed by atoms with Crippen LogP contribution in [0.15, 0.2) is 29.4 Å². The van der Waals surface area contributed by atoms with Gasteiger partial charge < -0.3 is 20.8 Å². The van der Waals surface area contributed by atoms with Gasteiger partial charge in [-0.25, -0.2) is 0 Å².